The number of amides is 1. The van der Waals surface area contributed by atoms with Gasteiger partial charge in [-0.1, -0.05) is 12.1 Å². The van der Waals surface area contributed by atoms with Gasteiger partial charge in [-0.15, -0.1) is 0 Å². The van der Waals surface area contributed by atoms with Crippen LogP contribution in [0.1, 0.15) is 18.1 Å². The molecule has 0 aliphatic heterocycles. The lowest BCUT2D eigenvalue weighted by molar-refractivity contribution is -0.140. The SMILES string of the molecule is CC(=O)N(C)CC(=O)Oc1cccc(C)c1C. The number of aryl methyl sites for hydroxylation is 1. The van der Waals surface area contributed by atoms with Gasteiger partial charge in [-0.3, -0.25) is 4.79 Å². The predicted molar refractivity (Wildman–Crippen MR) is 64.9 cm³/mol. The lowest BCUT2D eigenvalue weighted by atomic mass is 10.1. The Morgan fingerprint density at radius 2 is 1.94 bits per heavy atom. The molecule has 0 aromatic heterocycles. The highest BCUT2D eigenvalue weighted by Gasteiger charge is 2.12. The fraction of sp³-hybridized carbons (Fsp3) is 0.385. The summed E-state index contributed by atoms with van der Waals surface area (Å²) in [5.74, 6) is -0.0498. The van der Waals surface area contributed by atoms with Gasteiger partial charge < -0.3 is 9.64 Å². The summed E-state index contributed by atoms with van der Waals surface area (Å²) in [4.78, 5) is 23.9. The predicted octanol–water partition coefficient (Wildman–Crippen LogP) is 1.69. The van der Waals surface area contributed by atoms with E-state index in [0.29, 0.717) is 5.75 Å². The van der Waals surface area contributed by atoms with Crippen molar-refractivity contribution in [3.8, 4) is 5.75 Å². The van der Waals surface area contributed by atoms with Gasteiger partial charge in [0.25, 0.3) is 0 Å². The Kier molecular flexibility index (Phi) is 4.26. The van der Waals surface area contributed by atoms with E-state index in [1.165, 1.54) is 11.8 Å². The number of nitrogens with zero attached hydrogens (tertiary/aromatic N) is 1. The van der Waals surface area contributed by atoms with Gasteiger partial charge in [0.1, 0.15) is 12.3 Å². The smallest absolute Gasteiger partial charge is 0.331 e. The van der Waals surface area contributed by atoms with E-state index in [9.17, 15) is 9.59 Å². The maximum absolute atomic E-state index is 11.6. The van der Waals surface area contributed by atoms with Crippen molar-refractivity contribution in [1.29, 1.82) is 0 Å². The third kappa shape index (κ3) is 3.59. The minimum absolute atomic E-state index is 0.0390. The molecule has 92 valence electrons. The molecule has 0 saturated heterocycles. The Hall–Kier alpha value is -1.84. The van der Waals surface area contributed by atoms with E-state index in [1.807, 2.05) is 26.0 Å². The first-order valence-electron chi connectivity index (χ1n) is 5.40. The van der Waals surface area contributed by atoms with Crippen LogP contribution in [-0.4, -0.2) is 30.4 Å². The summed E-state index contributed by atoms with van der Waals surface area (Å²) in [5, 5.41) is 0. The van der Waals surface area contributed by atoms with Crippen LogP contribution in [0.25, 0.3) is 0 Å². The molecule has 4 heteroatoms. The van der Waals surface area contributed by atoms with Crippen LogP contribution >= 0.6 is 0 Å². The summed E-state index contributed by atoms with van der Waals surface area (Å²) >= 11 is 0. The molecule has 1 aromatic carbocycles. The molecule has 0 N–H and O–H groups in total. The minimum Gasteiger partial charge on any atom is -0.425 e. The van der Waals surface area contributed by atoms with Gasteiger partial charge in [-0.05, 0) is 31.0 Å². The number of hydrogen-bond acceptors (Lipinski definition) is 3. The normalized spacial score (nSPS) is 9.88. The third-order valence-corrected chi connectivity index (χ3v) is 2.68. The van der Waals surface area contributed by atoms with Crippen molar-refractivity contribution in [3.05, 3.63) is 29.3 Å². The molecule has 0 atom stereocenters. The molecule has 0 unspecified atom stereocenters. The van der Waals surface area contributed by atoms with Gasteiger partial charge in [0.2, 0.25) is 5.91 Å². The molecule has 0 bridgehead atoms. The van der Waals surface area contributed by atoms with Crippen LogP contribution in [0.5, 0.6) is 5.75 Å². The van der Waals surface area contributed by atoms with Crippen molar-refractivity contribution < 1.29 is 14.3 Å². The summed E-state index contributed by atoms with van der Waals surface area (Å²) in [6.45, 7) is 5.22. The van der Waals surface area contributed by atoms with Crippen LogP contribution in [-0.2, 0) is 9.59 Å². The molecular weight excluding hydrogens is 218 g/mol. The fourth-order valence-corrected chi connectivity index (χ4v) is 1.29. The van der Waals surface area contributed by atoms with Crippen LogP contribution in [0.3, 0.4) is 0 Å². The molecule has 0 spiro atoms. The van der Waals surface area contributed by atoms with Crippen LogP contribution < -0.4 is 4.74 Å². The maximum Gasteiger partial charge on any atom is 0.331 e. The molecule has 1 rings (SSSR count). The first-order chi connectivity index (χ1) is 7.91. The quantitative estimate of drug-likeness (QED) is 0.591. The van der Waals surface area contributed by atoms with Crippen LogP contribution in [0.2, 0.25) is 0 Å². The zero-order valence-corrected chi connectivity index (χ0v) is 10.6. The Balaban J connectivity index is 2.69. The monoisotopic (exact) mass is 235 g/mol. The first-order valence-corrected chi connectivity index (χ1v) is 5.40. The zero-order chi connectivity index (χ0) is 13.0. The third-order valence-electron chi connectivity index (χ3n) is 2.68. The van der Waals surface area contributed by atoms with Crippen molar-refractivity contribution in [2.45, 2.75) is 20.8 Å². The standard InChI is InChI=1S/C13H17NO3/c1-9-6-5-7-12(10(9)2)17-13(16)8-14(4)11(3)15/h5-7H,8H2,1-4H3. The topological polar surface area (TPSA) is 46.6 Å². The summed E-state index contributed by atoms with van der Waals surface area (Å²) in [5.41, 5.74) is 2.00. The minimum atomic E-state index is -0.434. The number of likely N-dealkylation sites (N-methyl/N-ethyl adjacent to an activating group) is 1. The zero-order valence-electron chi connectivity index (χ0n) is 10.6. The molecule has 0 aliphatic carbocycles. The molecule has 17 heavy (non-hydrogen) atoms. The van der Waals surface area contributed by atoms with Crippen molar-refractivity contribution in [3.63, 3.8) is 0 Å². The lowest BCUT2D eigenvalue weighted by Gasteiger charge is -2.14. The highest BCUT2D eigenvalue weighted by molar-refractivity contribution is 5.81. The van der Waals surface area contributed by atoms with Crippen molar-refractivity contribution in [1.82, 2.24) is 4.90 Å². The molecule has 1 aromatic rings. The summed E-state index contributed by atoms with van der Waals surface area (Å²) < 4.78 is 5.21. The average molecular weight is 235 g/mol. The van der Waals surface area contributed by atoms with E-state index < -0.39 is 5.97 Å². The molecule has 0 fully saturated rings. The second kappa shape index (κ2) is 5.48. The molecule has 0 saturated carbocycles. The Labute approximate surface area is 101 Å². The van der Waals surface area contributed by atoms with Gasteiger partial charge >= 0.3 is 5.97 Å². The van der Waals surface area contributed by atoms with Gasteiger partial charge in [-0.25, -0.2) is 4.79 Å². The number of carbonyl (C=O) groups is 2. The highest BCUT2D eigenvalue weighted by Crippen LogP contribution is 2.20. The molecule has 4 nitrogen and oxygen atoms in total. The second-order valence-electron chi connectivity index (χ2n) is 4.05. The molecule has 0 aliphatic rings. The largest absolute Gasteiger partial charge is 0.425 e. The summed E-state index contributed by atoms with van der Waals surface area (Å²) in [6.07, 6.45) is 0. The second-order valence-corrected chi connectivity index (χ2v) is 4.05. The van der Waals surface area contributed by atoms with E-state index in [0.717, 1.165) is 11.1 Å². The van der Waals surface area contributed by atoms with Crippen LogP contribution in [0.4, 0.5) is 0 Å². The first kappa shape index (κ1) is 13.2. The highest BCUT2D eigenvalue weighted by atomic mass is 16.5. The van der Waals surface area contributed by atoms with E-state index in [-0.39, 0.29) is 12.5 Å². The van der Waals surface area contributed by atoms with E-state index in [4.69, 9.17) is 4.74 Å². The summed E-state index contributed by atoms with van der Waals surface area (Å²) in [7, 11) is 1.56. The number of rotatable bonds is 3. The van der Waals surface area contributed by atoms with Crippen molar-refractivity contribution >= 4 is 11.9 Å². The van der Waals surface area contributed by atoms with E-state index >= 15 is 0 Å². The van der Waals surface area contributed by atoms with Crippen molar-refractivity contribution in [2.75, 3.05) is 13.6 Å². The van der Waals surface area contributed by atoms with E-state index in [2.05, 4.69) is 0 Å². The van der Waals surface area contributed by atoms with Crippen LogP contribution in [0.15, 0.2) is 18.2 Å². The van der Waals surface area contributed by atoms with Crippen LogP contribution in [0, 0.1) is 13.8 Å². The number of hydrogen-bond donors (Lipinski definition) is 0. The lowest BCUT2D eigenvalue weighted by Crippen LogP contribution is -2.32. The molecule has 1 amide bonds. The molecule has 0 radical (unpaired) electrons. The number of ether oxygens (including phenoxy) is 1. The van der Waals surface area contributed by atoms with Gasteiger partial charge in [0.05, 0.1) is 0 Å². The Morgan fingerprint density at radius 3 is 2.53 bits per heavy atom. The Morgan fingerprint density at radius 1 is 1.29 bits per heavy atom. The van der Waals surface area contributed by atoms with Gasteiger partial charge in [0.15, 0.2) is 0 Å². The van der Waals surface area contributed by atoms with Gasteiger partial charge in [0, 0.05) is 14.0 Å². The molecule has 0 heterocycles. The fourth-order valence-electron chi connectivity index (χ4n) is 1.29. The number of esters is 1. The Bertz CT molecular complexity index is 440. The number of benzene rings is 1. The van der Waals surface area contributed by atoms with Crippen molar-refractivity contribution in [2.24, 2.45) is 0 Å². The average Bonchev–Trinajstić information content (AvgIpc) is 2.24. The molecular formula is C13H17NO3. The van der Waals surface area contributed by atoms with Gasteiger partial charge in [-0.2, -0.15) is 0 Å². The summed E-state index contributed by atoms with van der Waals surface area (Å²) in [6, 6.07) is 5.53. The number of carbonyl (C=O) groups excluding carboxylic acids is 2. The maximum atomic E-state index is 11.6. The van der Waals surface area contributed by atoms with E-state index in [1.54, 1.807) is 13.1 Å².